The summed E-state index contributed by atoms with van der Waals surface area (Å²) in [6.07, 6.45) is 3.94. The van der Waals surface area contributed by atoms with Crippen molar-refractivity contribution in [3.8, 4) is 11.3 Å². The third-order valence-corrected chi connectivity index (χ3v) is 7.30. The molecular weight excluding hydrogens is 524 g/mol. The van der Waals surface area contributed by atoms with Crippen LogP contribution in [0, 0.1) is 0 Å². The van der Waals surface area contributed by atoms with Crippen LogP contribution >= 0.6 is 15.9 Å². The second-order valence-corrected chi connectivity index (χ2v) is 9.92. The van der Waals surface area contributed by atoms with Crippen LogP contribution in [-0.4, -0.2) is 0 Å². The number of hydrogen-bond acceptors (Lipinski definition) is 3. The van der Waals surface area contributed by atoms with E-state index in [-0.39, 0.29) is 0 Å². The van der Waals surface area contributed by atoms with Crippen molar-refractivity contribution >= 4 is 71.4 Å². The summed E-state index contributed by atoms with van der Waals surface area (Å²) in [5.74, 6) is 1.12. The van der Waals surface area contributed by atoms with E-state index in [9.17, 15) is 4.79 Å². The Morgan fingerprint density at radius 1 is 0.622 bits per heavy atom. The van der Waals surface area contributed by atoms with Crippen LogP contribution in [0.2, 0.25) is 0 Å². The predicted molar refractivity (Wildman–Crippen MR) is 156 cm³/mol. The van der Waals surface area contributed by atoms with Crippen LogP contribution in [0.3, 0.4) is 0 Å². The molecule has 2 aromatic heterocycles. The van der Waals surface area contributed by atoms with Gasteiger partial charge >= 0.3 is 5.63 Å². The minimum absolute atomic E-state index is 0.418. The quantitative estimate of drug-likeness (QED) is 0.165. The minimum Gasteiger partial charge on any atom is -0.455 e. The highest BCUT2D eigenvalue weighted by molar-refractivity contribution is 9.10. The predicted octanol–water partition coefficient (Wildman–Crippen LogP) is 9.45. The molecule has 37 heavy (non-hydrogen) atoms. The summed E-state index contributed by atoms with van der Waals surface area (Å²) in [5.41, 5.74) is 2.08. The first-order valence-corrected chi connectivity index (χ1v) is 12.8. The molecule has 0 aliphatic heterocycles. The zero-order valence-electron chi connectivity index (χ0n) is 19.6. The van der Waals surface area contributed by atoms with E-state index < -0.39 is 5.63 Å². The van der Waals surface area contributed by atoms with Gasteiger partial charge in [-0.2, -0.15) is 0 Å². The van der Waals surface area contributed by atoms with Crippen molar-refractivity contribution in [1.82, 2.24) is 0 Å². The number of halogens is 1. The lowest BCUT2D eigenvalue weighted by molar-refractivity contribution is 0.560. The SMILES string of the molecule is O=c1oc2ccc(Br)cc2c2c(-c3ccccc3)oc(/C=C/c3c4ccccc4cc4ccccc34)c12. The molecule has 0 radical (unpaired) electrons. The van der Waals surface area contributed by atoms with E-state index in [4.69, 9.17) is 8.83 Å². The second-order valence-electron chi connectivity index (χ2n) is 9.01. The molecule has 176 valence electrons. The fourth-order valence-corrected chi connectivity index (χ4v) is 5.50. The Hall–Kier alpha value is -4.41. The molecule has 2 heterocycles. The molecule has 0 aliphatic carbocycles. The van der Waals surface area contributed by atoms with Crippen molar-refractivity contribution in [3.05, 3.63) is 129 Å². The van der Waals surface area contributed by atoms with Crippen molar-refractivity contribution in [1.29, 1.82) is 0 Å². The molecule has 0 N–H and O–H groups in total. The van der Waals surface area contributed by atoms with Crippen LogP contribution in [0.15, 0.2) is 121 Å². The summed E-state index contributed by atoms with van der Waals surface area (Å²) in [5, 5.41) is 6.60. The molecule has 7 rings (SSSR count). The van der Waals surface area contributed by atoms with E-state index in [1.165, 1.54) is 0 Å². The summed E-state index contributed by atoms with van der Waals surface area (Å²) >= 11 is 3.57. The second kappa shape index (κ2) is 8.61. The molecule has 4 heteroatoms. The first-order valence-electron chi connectivity index (χ1n) is 12.0. The molecule has 3 nitrogen and oxygen atoms in total. The molecule has 5 aromatic carbocycles. The van der Waals surface area contributed by atoms with Gasteiger partial charge in [0, 0.05) is 20.8 Å². The van der Waals surface area contributed by atoms with Crippen molar-refractivity contribution < 1.29 is 8.83 Å². The maximum absolute atomic E-state index is 13.3. The van der Waals surface area contributed by atoms with Gasteiger partial charge in [-0.05, 0) is 57.4 Å². The van der Waals surface area contributed by atoms with E-state index in [0.29, 0.717) is 22.5 Å². The average molecular weight is 543 g/mol. The molecule has 0 spiro atoms. The maximum atomic E-state index is 13.3. The molecule has 0 saturated heterocycles. The summed E-state index contributed by atoms with van der Waals surface area (Å²) in [4.78, 5) is 13.3. The summed E-state index contributed by atoms with van der Waals surface area (Å²) in [6, 6.07) is 34.4. The first kappa shape index (κ1) is 21.8. The number of hydrogen-bond donors (Lipinski definition) is 0. The van der Waals surface area contributed by atoms with E-state index in [1.807, 2.05) is 78.9 Å². The Balaban J connectivity index is 1.54. The largest absolute Gasteiger partial charge is 0.455 e. The third-order valence-electron chi connectivity index (χ3n) is 6.80. The third kappa shape index (κ3) is 3.61. The molecule has 0 amide bonds. The molecule has 0 atom stereocenters. The van der Waals surface area contributed by atoms with Gasteiger partial charge in [-0.15, -0.1) is 0 Å². The molecule has 0 unspecified atom stereocenters. The van der Waals surface area contributed by atoms with Gasteiger partial charge < -0.3 is 8.83 Å². The van der Waals surface area contributed by atoms with Gasteiger partial charge in [0.2, 0.25) is 0 Å². The standard InChI is InChI=1S/C33H19BrO3/c34-23-14-16-28-27(19-23)30-31(33(35)37-28)29(36-32(30)20-8-2-1-3-9-20)17-15-26-24-12-6-4-10-21(24)18-22-11-5-7-13-25(22)26/h1-19H/b17-15+. The average Bonchev–Trinajstić information content (AvgIpc) is 3.32. The Morgan fingerprint density at radius 3 is 2.03 bits per heavy atom. The highest BCUT2D eigenvalue weighted by Crippen LogP contribution is 2.39. The lowest BCUT2D eigenvalue weighted by Crippen LogP contribution is -1.99. The Kier molecular flexibility index (Phi) is 5.08. The molecule has 0 saturated carbocycles. The van der Waals surface area contributed by atoms with Crippen LogP contribution in [0.1, 0.15) is 11.3 Å². The number of rotatable bonds is 3. The van der Waals surface area contributed by atoms with Gasteiger partial charge in [-0.25, -0.2) is 4.79 Å². The monoisotopic (exact) mass is 542 g/mol. The normalized spacial score (nSPS) is 11.9. The zero-order chi connectivity index (χ0) is 24.9. The fourth-order valence-electron chi connectivity index (χ4n) is 5.14. The molecular formula is C33H19BrO3. The van der Waals surface area contributed by atoms with Crippen molar-refractivity contribution in [2.75, 3.05) is 0 Å². The van der Waals surface area contributed by atoms with Gasteiger partial charge in [0.05, 0.1) is 0 Å². The first-order chi connectivity index (χ1) is 18.2. The Morgan fingerprint density at radius 2 is 1.30 bits per heavy atom. The molecule has 7 aromatic rings. The Bertz CT molecular complexity index is 2010. The van der Waals surface area contributed by atoms with Gasteiger partial charge in [-0.3, -0.25) is 0 Å². The smallest absolute Gasteiger partial charge is 0.348 e. The molecule has 0 fully saturated rings. The van der Waals surface area contributed by atoms with Crippen LogP contribution in [0.25, 0.3) is 66.8 Å². The summed E-state index contributed by atoms with van der Waals surface area (Å²) in [6.45, 7) is 0. The van der Waals surface area contributed by atoms with Gasteiger partial charge in [0.25, 0.3) is 0 Å². The van der Waals surface area contributed by atoms with Crippen molar-refractivity contribution in [2.45, 2.75) is 0 Å². The lowest BCUT2D eigenvalue weighted by atomic mass is 9.96. The van der Waals surface area contributed by atoms with Gasteiger partial charge in [0.15, 0.2) is 0 Å². The Labute approximate surface area is 220 Å². The lowest BCUT2D eigenvalue weighted by Gasteiger charge is -2.08. The highest BCUT2D eigenvalue weighted by Gasteiger charge is 2.21. The number of furan rings is 1. The number of benzene rings is 5. The van der Waals surface area contributed by atoms with E-state index in [2.05, 4.69) is 46.3 Å². The van der Waals surface area contributed by atoms with Crippen molar-refractivity contribution in [3.63, 3.8) is 0 Å². The molecule has 0 aliphatic rings. The number of fused-ring (bicyclic) bond motifs is 5. The minimum atomic E-state index is -0.418. The molecule has 0 bridgehead atoms. The summed E-state index contributed by atoms with van der Waals surface area (Å²) in [7, 11) is 0. The van der Waals surface area contributed by atoms with E-state index in [1.54, 1.807) is 6.07 Å². The van der Waals surface area contributed by atoms with Crippen LogP contribution in [0.4, 0.5) is 0 Å². The summed E-state index contributed by atoms with van der Waals surface area (Å²) < 4.78 is 13.1. The topological polar surface area (TPSA) is 43.4 Å². The van der Waals surface area contributed by atoms with Crippen LogP contribution in [-0.2, 0) is 0 Å². The highest BCUT2D eigenvalue weighted by atomic mass is 79.9. The van der Waals surface area contributed by atoms with Crippen LogP contribution < -0.4 is 5.63 Å². The van der Waals surface area contributed by atoms with E-state index in [0.717, 1.165) is 47.9 Å². The van der Waals surface area contributed by atoms with Crippen molar-refractivity contribution in [2.24, 2.45) is 0 Å². The van der Waals surface area contributed by atoms with Gasteiger partial charge in [0.1, 0.15) is 22.5 Å². The van der Waals surface area contributed by atoms with Gasteiger partial charge in [-0.1, -0.05) is 101 Å². The fraction of sp³-hybridized carbons (Fsp3) is 0. The van der Waals surface area contributed by atoms with E-state index >= 15 is 0 Å². The zero-order valence-corrected chi connectivity index (χ0v) is 21.2. The maximum Gasteiger partial charge on any atom is 0.348 e. The van der Waals surface area contributed by atoms with Crippen LogP contribution in [0.5, 0.6) is 0 Å².